The van der Waals surface area contributed by atoms with Gasteiger partial charge in [0.15, 0.2) is 5.82 Å². The molecular weight excluding hydrogens is 490 g/mol. The Morgan fingerprint density at radius 3 is 2.63 bits per heavy atom. The molecule has 1 amide bonds. The van der Waals surface area contributed by atoms with E-state index in [0.29, 0.717) is 53.2 Å². The second-order valence-electron chi connectivity index (χ2n) is 11.0. The van der Waals surface area contributed by atoms with Crippen molar-refractivity contribution in [2.45, 2.75) is 50.7 Å². The fourth-order valence-corrected chi connectivity index (χ4v) is 6.46. The summed E-state index contributed by atoms with van der Waals surface area (Å²) in [7, 11) is 3.49. The summed E-state index contributed by atoms with van der Waals surface area (Å²) in [5.74, 6) is 2.04. The van der Waals surface area contributed by atoms with Gasteiger partial charge >= 0.3 is 0 Å². The Kier molecular flexibility index (Phi) is 5.27. The molecule has 3 fully saturated rings. The summed E-state index contributed by atoms with van der Waals surface area (Å²) in [5, 5.41) is 0.792. The number of halogens is 2. The molecular formula is C28H30F2N6O2. The van der Waals surface area contributed by atoms with Crippen LogP contribution in [0.3, 0.4) is 0 Å². The van der Waals surface area contributed by atoms with Crippen LogP contribution in [0.1, 0.15) is 48.2 Å². The predicted octanol–water partition coefficient (Wildman–Crippen LogP) is 4.51. The molecule has 8 nitrogen and oxygen atoms in total. The number of fused-ring (bicyclic) bond motifs is 4. The van der Waals surface area contributed by atoms with Gasteiger partial charge in [0.1, 0.15) is 22.6 Å². The molecule has 2 bridgehead atoms. The number of carbonyl (C=O) groups excluding carboxylic acids is 1. The number of alkyl halides is 2. The summed E-state index contributed by atoms with van der Waals surface area (Å²) in [6, 6.07) is 8.76. The minimum Gasteiger partial charge on any atom is -0.494 e. The van der Waals surface area contributed by atoms with E-state index in [2.05, 4.69) is 4.98 Å². The Bertz CT molecular complexity index is 1590. The lowest BCUT2D eigenvalue weighted by molar-refractivity contribution is 0.0700. The Labute approximate surface area is 218 Å². The lowest BCUT2D eigenvalue weighted by Crippen LogP contribution is -2.41. The SMILES string of the molecule is COc1cc(C(=O)N2C[C@H]3CC[C@@H]2[C@@H]3N)cc2nc(-c3cc4ccc(C(F)F)nc4n3CC3CC3)n(C)c12. The summed E-state index contributed by atoms with van der Waals surface area (Å²) in [6.45, 7) is 1.38. The highest BCUT2D eigenvalue weighted by Crippen LogP contribution is 2.40. The molecule has 2 N–H and O–H groups in total. The van der Waals surface area contributed by atoms with Crippen molar-refractivity contribution >= 4 is 28.0 Å². The molecule has 2 saturated carbocycles. The van der Waals surface area contributed by atoms with Gasteiger partial charge in [-0.25, -0.2) is 18.7 Å². The van der Waals surface area contributed by atoms with Crippen molar-refractivity contribution in [2.24, 2.45) is 24.6 Å². The third-order valence-electron chi connectivity index (χ3n) is 8.67. The van der Waals surface area contributed by atoms with Crippen molar-refractivity contribution < 1.29 is 18.3 Å². The quantitative estimate of drug-likeness (QED) is 0.404. The van der Waals surface area contributed by atoms with Crippen molar-refractivity contribution in [3.8, 4) is 17.3 Å². The second-order valence-corrected chi connectivity index (χ2v) is 11.0. The molecule has 2 aliphatic carbocycles. The van der Waals surface area contributed by atoms with E-state index in [4.69, 9.17) is 15.5 Å². The van der Waals surface area contributed by atoms with Crippen molar-refractivity contribution in [1.82, 2.24) is 24.0 Å². The summed E-state index contributed by atoms with van der Waals surface area (Å²) in [5.41, 5.74) is 9.41. The van der Waals surface area contributed by atoms with Gasteiger partial charge in [0.05, 0.1) is 18.3 Å². The molecule has 1 aromatic carbocycles. The molecule has 10 heteroatoms. The van der Waals surface area contributed by atoms with Gasteiger partial charge in [-0.15, -0.1) is 0 Å². The van der Waals surface area contributed by atoms with Crippen molar-refractivity contribution in [1.29, 1.82) is 0 Å². The number of likely N-dealkylation sites (tertiary alicyclic amines) is 1. The maximum absolute atomic E-state index is 13.5. The summed E-state index contributed by atoms with van der Waals surface area (Å²) in [6.07, 6.45) is 1.60. The largest absolute Gasteiger partial charge is 0.494 e. The summed E-state index contributed by atoms with van der Waals surface area (Å²) in [4.78, 5) is 24.7. The molecule has 1 aliphatic heterocycles. The monoisotopic (exact) mass is 520 g/mol. The second kappa shape index (κ2) is 8.49. The molecule has 1 saturated heterocycles. The number of amides is 1. The number of carbonyl (C=O) groups is 1. The minimum atomic E-state index is -2.64. The lowest BCUT2D eigenvalue weighted by atomic mass is 10.1. The number of benzene rings is 1. The van der Waals surface area contributed by atoms with E-state index in [-0.39, 0.29) is 23.7 Å². The number of hydrogen-bond acceptors (Lipinski definition) is 5. The first-order valence-electron chi connectivity index (χ1n) is 13.2. The van der Waals surface area contributed by atoms with Gasteiger partial charge in [-0.3, -0.25) is 4.79 Å². The van der Waals surface area contributed by atoms with Crippen molar-refractivity contribution in [3.05, 3.63) is 41.6 Å². The predicted molar refractivity (Wildman–Crippen MR) is 139 cm³/mol. The van der Waals surface area contributed by atoms with Crippen LogP contribution in [-0.4, -0.2) is 55.6 Å². The Balaban J connectivity index is 1.35. The number of piperidine rings is 1. The number of nitrogens with zero attached hydrogens (tertiary/aromatic N) is 5. The number of hydrogen-bond donors (Lipinski definition) is 1. The van der Waals surface area contributed by atoms with E-state index in [1.807, 2.05) is 33.2 Å². The normalized spacial score (nSPS) is 22.9. The lowest BCUT2D eigenvalue weighted by Gasteiger charge is -2.27. The molecule has 0 spiro atoms. The van der Waals surface area contributed by atoms with Gasteiger partial charge in [0.2, 0.25) is 0 Å². The van der Waals surface area contributed by atoms with Crippen LogP contribution in [0.15, 0.2) is 30.3 Å². The van der Waals surface area contributed by atoms with Gasteiger partial charge in [-0.1, -0.05) is 0 Å². The number of nitrogens with two attached hydrogens (primary N) is 1. The Morgan fingerprint density at radius 2 is 1.97 bits per heavy atom. The van der Waals surface area contributed by atoms with Crippen LogP contribution in [0.2, 0.25) is 0 Å². The van der Waals surface area contributed by atoms with E-state index in [9.17, 15) is 13.6 Å². The molecule has 3 aliphatic rings. The van der Waals surface area contributed by atoms with Crippen LogP contribution in [0, 0.1) is 11.8 Å². The first-order chi connectivity index (χ1) is 18.3. The number of aryl methyl sites for hydroxylation is 1. The van der Waals surface area contributed by atoms with E-state index in [0.717, 1.165) is 42.3 Å². The minimum absolute atomic E-state index is 0.0404. The highest BCUT2D eigenvalue weighted by atomic mass is 19.3. The fraction of sp³-hybridized carbons (Fsp3) is 0.464. The average Bonchev–Trinajstić information content (AvgIpc) is 3.32. The van der Waals surface area contributed by atoms with Crippen LogP contribution in [-0.2, 0) is 13.6 Å². The standard InChI is InChI=1S/C28H30F2N6O2/c1-34-24-19(9-17(11-22(24)38-2)28(37)36-13-16-6-8-20(36)23(16)31)33-27(34)21-10-15-5-7-18(25(29)30)32-26(15)35(21)12-14-3-4-14/h5,7,9-11,14,16,20,23,25H,3-4,6,8,12-13,31H2,1-2H3/t16-,20-,23-/m1/s1. The topological polar surface area (TPSA) is 91.2 Å². The van der Waals surface area contributed by atoms with Crippen molar-refractivity contribution in [3.63, 3.8) is 0 Å². The van der Waals surface area contributed by atoms with Gasteiger partial charge < -0.3 is 24.5 Å². The van der Waals surface area contributed by atoms with Crippen LogP contribution in [0.25, 0.3) is 33.6 Å². The first-order valence-corrected chi connectivity index (χ1v) is 13.2. The molecule has 4 heterocycles. The maximum atomic E-state index is 13.5. The molecule has 3 aromatic heterocycles. The number of ether oxygens (including phenoxy) is 1. The van der Waals surface area contributed by atoms with E-state index in [1.165, 1.54) is 6.07 Å². The summed E-state index contributed by atoms with van der Waals surface area (Å²) >= 11 is 0. The molecule has 4 aromatic rings. The summed E-state index contributed by atoms with van der Waals surface area (Å²) < 4.78 is 36.6. The molecule has 7 rings (SSSR count). The third-order valence-corrected chi connectivity index (χ3v) is 8.67. The number of pyridine rings is 1. The highest BCUT2D eigenvalue weighted by molar-refractivity contribution is 6.00. The highest BCUT2D eigenvalue weighted by Gasteiger charge is 2.47. The molecule has 0 radical (unpaired) electrons. The van der Waals surface area contributed by atoms with Gasteiger partial charge in [0.25, 0.3) is 12.3 Å². The average molecular weight is 521 g/mol. The number of aromatic nitrogens is 4. The number of methoxy groups -OCH3 is 1. The Morgan fingerprint density at radius 1 is 1.16 bits per heavy atom. The zero-order chi connectivity index (χ0) is 26.3. The third kappa shape index (κ3) is 3.53. The zero-order valence-corrected chi connectivity index (χ0v) is 21.4. The van der Waals surface area contributed by atoms with E-state index < -0.39 is 6.43 Å². The zero-order valence-electron chi connectivity index (χ0n) is 21.4. The van der Waals surface area contributed by atoms with Crippen LogP contribution >= 0.6 is 0 Å². The van der Waals surface area contributed by atoms with Gasteiger partial charge in [-0.05, 0) is 67.9 Å². The molecule has 198 valence electrons. The van der Waals surface area contributed by atoms with Crippen molar-refractivity contribution in [2.75, 3.05) is 13.7 Å². The molecule has 0 unspecified atom stereocenters. The maximum Gasteiger partial charge on any atom is 0.280 e. The fourth-order valence-electron chi connectivity index (χ4n) is 6.46. The van der Waals surface area contributed by atoms with Crippen LogP contribution in [0.4, 0.5) is 8.78 Å². The Hall–Kier alpha value is -3.53. The van der Waals surface area contributed by atoms with Crippen LogP contribution < -0.4 is 10.5 Å². The smallest absolute Gasteiger partial charge is 0.280 e. The molecule has 38 heavy (non-hydrogen) atoms. The number of imidazole rings is 1. The number of rotatable bonds is 6. The first kappa shape index (κ1) is 23.6. The van der Waals surface area contributed by atoms with E-state index >= 15 is 0 Å². The van der Waals surface area contributed by atoms with Gasteiger partial charge in [0, 0.05) is 43.2 Å². The van der Waals surface area contributed by atoms with E-state index in [1.54, 1.807) is 19.2 Å². The molecule has 3 atom stereocenters. The van der Waals surface area contributed by atoms with Gasteiger partial charge in [-0.2, -0.15) is 0 Å². The van der Waals surface area contributed by atoms with Crippen LogP contribution in [0.5, 0.6) is 5.75 Å².